The summed E-state index contributed by atoms with van der Waals surface area (Å²) in [4.78, 5) is 0.0655. The average Bonchev–Trinajstić information content (AvgIpc) is 2.25. The Kier molecular flexibility index (Phi) is 3.94. The molecule has 2 rings (SSSR count). The summed E-state index contributed by atoms with van der Waals surface area (Å²) >= 11 is 0. The molecule has 0 saturated carbocycles. The van der Waals surface area contributed by atoms with Crippen LogP contribution in [0.15, 0.2) is 21.9 Å². The van der Waals surface area contributed by atoms with Crippen LogP contribution >= 0.6 is 0 Å². The smallest absolute Gasteiger partial charge is 0.211 e. The van der Waals surface area contributed by atoms with Crippen molar-refractivity contribution in [2.45, 2.75) is 43.0 Å². The van der Waals surface area contributed by atoms with Crippen molar-refractivity contribution in [2.24, 2.45) is 0 Å². The SMILES string of the molecule is Cc1cc2c(cc1S(=O)(=O)NC(C)C)S(=O)(=O)NCC2. The van der Waals surface area contributed by atoms with Crippen LogP contribution in [0.3, 0.4) is 0 Å². The second-order valence-corrected chi connectivity index (χ2v) is 8.57. The highest BCUT2D eigenvalue weighted by molar-refractivity contribution is 7.90. The van der Waals surface area contributed by atoms with Crippen molar-refractivity contribution in [3.63, 3.8) is 0 Å². The summed E-state index contributed by atoms with van der Waals surface area (Å²) in [6, 6.07) is 2.63. The van der Waals surface area contributed by atoms with Gasteiger partial charge in [-0.2, -0.15) is 0 Å². The van der Waals surface area contributed by atoms with E-state index in [0.717, 1.165) is 0 Å². The molecule has 0 fully saturated rings. The Hall–Kier alpha value is -0.960. The molecule has 2 N–H and O–H groups in total. The Morgan fingerprint density at radius 1 is 1.30 bits per heavy atom. The number of sulfonamides is 2. The fourth-order valence-corrected chi connectivity index (χ4v) is 5.12. The largest absolute Gasteiger partial charge is 0.241 e. The molecule has 112 valence electrons. The van der Waals surface area contributed by atoms with Crippen molar-refractivity contribution in [3.8, 4) is 0 Å². The van der Waals surface area contributed by atoms with Crippen LogP contribution in [0.25, 0.3) is 0 Å². The van der Waals surface area contributed by atoms with Gasteiger partial charge in [-0.05, 0) is 44.4 Å². The van der Waals surface area contributed by atoms with Crippen molar-refractivity contribution in [2.75, 3.05) is 6.54 Å². The molecule has 0 aromatic heterocycles. The summed E-state index contributed by atoms with van der Waals surface area (Å²) in [5, 5.41) is 0. The van der Waals surface area contributed by atoms with Gasteiger partial charge in [0, 0.05) is 12.6 Å². The lowest BCUT2D eigenvalue weighted by molar-refractivity contribution is 0.567. The molecule has 1 aromatic carbocycles. The molecule has 0 radical (unpaired) electrons. The average molecular weight is 318 g/mol. The van der Waals surface area contributed by atoms with Crippen LogP contribution in [0.4, 0.5) is 0 Å². The summed E-state index contributed by atoms with van der Waals surface area (Å²) in [7, 11) is -7.33. The number of aryl methyl sites for hydroxylation is 1. The molecular formula is C12H18N2O4S2. The summed E-state index contributed by atoms with van der Waals surface area (Å²) in [5.74, 6) is 0. The zero-order valence-corrected chi connectivity index (χ0v) is 13.2. The van der Waals surface area contributed by atoms with Crippen molar-refractivity contribution >= 4 is 20.0 Å². The maximum absolute atomic E-state index is 12.2. The van der Waals surface area contributed by atoms with Crippen LogP contribution in [0, 0.1) is 6.92 Å². The lowest BCUT2D eigenvalue weighted by Gasteiger charge is -2.20. The van der Waals surface area contributed by atoms with Gasteiger partial charge in [-0.15, -0.1) is 0 Å². The fourth-order valence-electron chi connectivity index (χ4n) is 2.24. The van der Waals surface area contributed by atoms with Gasteiger partial charge >= 0.3 is 0 Å². The second kappa shape index (κ2) is 5.10. The van der Waals surface area contributed by atoms with Crippen molar-refractivity contribution < 1.29 is 16.8 Å². The first-order valence-corrected chi connectivity index (χ1v) is 9.25. The third kappa shape index (κ3) is 2.88. The second-order valence-electron chi connectivity index (χ2n) is 5.15. The zero-order chi connectivity index (χ0) is 15.1. The summed E-state index contributed by atoms with van der Waals surface area (Å²) in [6.45, 7) is 5.43. The molecule has 0 unspecified atom stereocenters. The monoisotopic (exact) mass is 318 g/mol. The van der Waals surface area contributed by atoms with E-state index >= 15 is 0 Å². The van der Waals surface area contributed by atoms with Gasteiger partial charge in [-0.25, -0.2) is 26.3 Å². The summed E-state index contributed by atoms with van der Waals surface area (Å²) in [6.07, 6.45) is 0.563. The molecular weight excluding hydrogens is 300 g/mol. The van der Waals surface area contributed by atoms with Gasteiger partial charge in [0.2, 0.25) is 20.0 Å². The molecule has 0 bridgehead atoms. The van der Waals surface area contributed by atoms with E-state index in [1.807, 2.05) is 0 Å². The number of hydrogen-bond acceptors (Lipinski definition) is 4. The molecule has 0 spiro atoms. The van der Waals surface area contributed by atoms with Gasteiger partial charge in [0.25, 0.3) is 0 Å². The standard InChI is InChI=1S/C12H18N2O4S2/c1-8(2)14-20(17,18)11-7-12-10(6-9(11)3)4-5-13-19(12,15)16/h6-8,13-14H,4-5H2,1-3H3. The lowest BCUT2D eigenvalue weighted by atomic mass is 10.1. The van der Waals surface area contributed by atoms with E-state index in [-0.39, 0.29) is 15.8 Å². The molecule has 1 aromatic rings. The van der Waals surface area contributed by atoms with Crippen LogP contribution in [-0.2, 0) is 26.5 Å². The Balaban J connectivity index is 2.63. The van der Waals surface area contributed by atoms with Crippen LogP contribution in [0.2, 0.25) is 0 Å². The van der Waals surface area contributed by atoms with E-state index in [4.69, 9.17) is 0 Å². The van der Waals surface area contributed by atoms with Crippen LogP contribution in [0.1, 0.15) is 25.0 Å². The minimum absolute atomic E-state index is 0.0113. The van der Waals surface area contributed by atoms with Crippen molar-refractivity contribution in [1.82, 2.24) is 9.44 Å². The van der Waals surface area contributed by atoms with Crippen LogP contribution in [-0.4, -0.2) is 29.4 Å². The molecule has 1 aliphatic heterocycles. The van der Waals surface area contributed by atoms with E-state index in [1.54, 1.807) is 26.8 Å². The van der Waals surface area contributed by atoms with E-state index in [1.165, 1.54) is 6.07 Å². The van der Waals surface area contributed by atoms with Crippen LogP contribution in [0.5, 0.6) is 0 Å². The first-order chi connectivity index (χ1) is 9.13. The minimum Gasteiger partial charge on any atom is -0.211 e. The molecule has 8 heteroatoms. The molecule has 0 aliphatic carbocycles. The third-order valence-corrected chi connectivity index (χ3v) is 6.36. The minimum atomic E-state index is -3.72. The molecule has 6 nitrogen and oxygen atoms in total. The van der Waals surface area contributed by atoms with E-state index < -0.39 is 20.0 Å². The predicted molar refractivity (Wildman–Crippen MR) is 75.5 cm³/mol. The molecule has 0 saturated heterocycles. The van der Waals surface area contributed by atoms with Gasteiger partial charge in [-0.1, -0.05) is 6.07 Å². The molecule has 1 aliphatic rings. The van der Waals surface area contributed by atoms with Gasteiger partial charge in [0.1, 0.15) is 0 Å². The first kappa shape index (κ1) is 15.4. The Morgan fingerprint density at radius 3 is 2.55 bits per heavy atom. The van der Waals surface area contributed by atoms with Gasteiger partial charge in [0.15, 0.2) is 0 Å². The number of nitrogens with one attached hydrogen (secondary N) is 2. The number of fused-ring (bicyclic) bond motifs is 1. The molecule has 1 heterocycles. The van der Waals surface area contributed by atoms with Crippen LogP contribution < -0.4 is 9.44 Å². The molecule has 20 heavy (non-hydrogen) atoms. The highest BCUT2D eigenvalue weighted by atomic mass is 32.2. The Bertz CT molecular complexity index is 737. The summed E-state index contributed by atoms with van der Waals surface area (Å²) < 4.78 is 53.3. The van der Waals surface area contributed by atoms with Crippen molar-refractivity contribution in [3.05, 3.63) is 23.3 Å². The summed E-state index contributed by atoms with van der Waals surface area (Å²) in [5.41, 5.74) is 1.21. The fraction of sp³-hybridized carbons (Fsp3) is 0.500. The van der Waals surface area contributed by atoms with E-state index in [9.17, 15) is 16.8 Å². The van der Waals surface area contributed by atoms with Gasteiger partial charge in [-0.3, -0.25) is 0 Å². The normalized spacial score (nSPS) is 18.0. The Morgan fingerprint density at radius 2 is 1.95 bits per heavy atom. The predicted octanol–water partition coefficient (Wildman–Crippen LogP) is 0.516. The van der Waals surface area contributed by atoms with E-state index in [2.05, 4.69) is 9.44 Å². The Labute approximate surface area is 119 Å². The zero-order valence-electron chi connectivity index (χ0n) is 11.6. The first-order valence-electron chi connectivity index (χ1n) is 6.29. The van der Waals surface area contributed by atoms with Gasteiger partial charge < -0.3 is 0 Å². The highest BCUT2D eigenvalue weighted by Crippen LogP contribution is 2.27. The number of rotatable bonds is 3. The van der Waals surface area contributed by atoms with Crippen molar-refractivity contribution in [1.29, 1.82) is 0 Å². The number of benzene rings is 1. The van der Waals surface area contributed by atoms with Gasteiger partial charge in [0.05, 0.1) is 9.79 Å². The topological polar surface area (TPSA) is 92.3 Å². The number of hydrogen-bond donors (Lipinski definition) is 2. The third-order valence-electron chi connectivity index (χ3n) is 3.01. The molecule has 0 atom stereocenters. The maximum atomic E-state index is 12.2. The highest BCUT2D eigenvalue weighted by Gasteiger charge is 2.27. The lowest BCUT2D eigenvalue weighted by Crippen LogP contribution is -2.34. The molecule has 0 amide bonds. The quantitative estimate of drug-likeness (QED) is 0.849. The van der Waals surface area contributed by atoms with E-state index in [0.29, 0.717) is 24.1 Å². The maximum Gasteiger partial charge on any atom is 0.241 e.